The van der Waals surface area contributed by atoms with Gasteiger partial charge in [0.05, 0.1) is 0 Å². The lowest BCUT2D eigenvalue weighted by molar-refractivity contribution is 0.599. The molecule has 0 saturated heterocycles. The fraction of sp³-hybridized carbons (Fsp3) is 0.400. The lowest BCUT2D eigenvalue weighted by Crippen LogP contribution is -2.05. The molecule has 1 aromatic rings. The van der Waals surface area contributed by atoms with E-state index >= 15 is 0 Å². The molecule has 1 atom stereocenters. The normalized spacial score (nSPS) is 13.2. The molecule has 13 heavy (non-hydrogen) atoms. The molecule has 0 aliphatic heterocycles. The second kappa shape index (κ2) is 5.58. The minimum absolute atomic E-state index is 0.549. The van der Waals surface area contributed by atoms with E-state index in [0.717, 1.165) is 4.90 Å². The number of thioether (sulfide) groups is 1. The van der Waals surface area contributed by atoms with Gasteiger partial charge in [-0.1, -0.05) is 32.0 Å². The van der Waals surface area contributed by atoms with E-state index in [4.69, 9.17) is 0 Å². The van der Waals surface area contributed by atoms with Crippen molar-refractivity contribution in [2.75, 3.05) is 5.08 Å². The topological polar surface area (TPSA) is 23.1 Å². The second-order valence-electron chi connectivity index (χ2n) is 2.99. The Hall–Kier alpha value is -0.120. The first-order valence-corrected chi connectivity index (χ1v) is 6.62. The van der Waals surface area contributed by atoms with Crippen LogP contribution in [-0.4, -0.2) is 14.9 Å². The molecule has 1 nitrogen and oxygen atoms in total. The Morgan fingerprint density at radius 2 is 1.92 bits per heavy atom. The highest BCUT2D eigenvalue weighted by Gasteiger charge is 2.10. The molecule has 0 bridgehead atoms. The van der Waals surface area contributed by atoms with Crippen molar-refractivity contribution in [1.29, 1.82) is 0 Å². The molecule has 0 amide bonds. The Balaban J connectivity index is 2.44. The van der Waals surface area contributed by atoms with E-state index in [1.54, 1.807) is 11.8 Å². The molecule has 72 valence electrons. The summed E-state index contributed by atoms with van der Waals surface area (Å²) in [5.41, 5.74) is 0. The minimum atomic E-state index is -0.841. The van der Waals surface area contributed by atoms with Crippen LogP contribution in [0.25, 0.3) is 0 Å². The van der Waals surface area contributed by atoms with Gasteiger partial charge in [-0.15, -0.1) is 11.8 Å². The fourth-order valence-corrected chi connectivity index (χ4v) is 3.43. The monoisotopic (exact) mass is 214 g/mol. The van der Waals surface area contributed by atoms with Crippen LogP contribution in [0.2, 0.25) is 0 Å². The minimum Gasteiger partial charge on any atom is -0.611 e. The summed E-state index contributed by atoms with van der Waals surface area (Å²) >= 11 is 0.893. The van der Waals surface area contributed by atoms with Crippen LogP contribution in [0.4, 0.5) is 0 Å². The van der Waals surface area contributed by atoms with Crippen LogP contribution in [-0.2, 0) is 11.2 Å². The van der Waals surface area contributed by atoms with E-state index in [1.165, 1.54) is 0 Å². The smallest absolute Gasteiger partial charge is 0.156 e. The molecular weight excluding hydrogens is 200 g/mol. The van der Waals surface area contributed by atoms with E-state index in [-0.39, 0.29) is 0 Å². The molecule has 0 fully saturated rings. The molecule has 0 radical (unpaired) electrons. The largest absolute Gasteiger partial charge is 0.611 e. The number of rotatable bonds is 4. The average molecular weight is 214 g/mol. The van der Waals surface area contributed by atoms with E-state index in [1.807, 2.05) is 30.3 Å². The van der Waals surface area contributed by atoms with Gasteiger partial charge in [-0.3, -0.25) is 0 Å². The van der Waals surface area contributed by atoms with Crippen molar-refractivity contribution >= 4 is 22.9 Å². The number of benzene rings is 1. The van der Waals surface area contributed by atoms with Gasteiger partial charge in [-0.2, -0.15) is 0 Å². The van der Waals surface area contributed by atoms with Gasteiger partial charge in [-0.05, 0) is 23.3 Å². The van der Waals surface area contributed by atoms with E-state index < -0.39 is 11.2 Å². The van der Waals surface area contributed by atoms with Crippen LogP contribution in [0.3, 0.4) is 0 Å². The van der Waals surface area contributed by atoms with Crippen LogP contribution in [0.1, 0.15) is 13.8 Å². The standard InChI is InChI=1S/C10H14OS2/c1-9(2)12-8-13(11)10-6-4-3-5-7-10/h3-7,9H,8H2,1-2H3. The quantitative estimate of drug-likeness (QED) is 0.719. The molecule has 0 aliphatic carbocycles. The number of hydrogen-bond donors (Lipinski definition) is 0. The van der Waals surface area contributed by atoms with Gasteiger partial charge in [0.2, 0.25) is 0 Å². The predicted molar refractivity (Wildman–Crippen MR) is 60.4 cm³/mol. The van der Waals surface area contributed by atoms with Crippen LogP contribution in [0.5, 0.6) is 0 Å². The Morgan fingerprint density at radius 3 is 2.46 bits per heavy atom. The maximum absolute atomic E-state index is 11.6. The molecule has 0 heterocycles. The summed E-state index contributed by atoms with van der Waals surface area (Å²) in [4.78, 5) is 0.927. The van der Waals surface area contributed by atoms with E-state index in [0.29, 0.717) is 10.3 Å². The summed E-state index contributed by atoms with van der Waals surface area (Å²) in [5, 5.41) is 1.24. The first-order valence-electron chi connectivity index (χ1n) is 4.25. The molecule has 0 saturated carbocycles. The summed E-state index contributed by atoms with van der Waals surface area (Å²) in [6, 6.07) is 9.62. The summed E-state index contributed by atoms with van der Waals surface area (Å²) < 4.78 is 11.6. The molecule has 1 unspecified atom stereocenters. The highest BCUT2D eigenvalue weighted by Crippen LogP contribution is 2.18. The Labute approximate surface area is 87.1 Å². The van der Waals surface area contributed by atoms with E-state index in [2.05, 4.69) is 13.8 Å². The van der Waals surface area contributed by atoms with Crippen LogP contribution >= 0.6 is 11.8 Å². The highest BCUT2D eigenvalue weighted by atomic mass is 32.3. The molecule has 1 rings (SSSR count). The summed E-state index contributed by atoms with van der Waals surface area (Å²) in [5.74, 6) is 0. The number of hydrogen-bond acceptors (Lipinski definition) is 2. The van der Waals surface area contributed by atoms with Gasteiger partial charge in [0.25, 0.3) is 0 Å². The fourth-order valence-electron chi connectivity index (χ4n) is 0.838. The van der Waals surface area contributed by atoms with E-state index in [9.17, 15) is 4.55 Å². The third kappa shape index (κ3) is 4.07. The van der Waals surface area contributed by atoms with Crippen molar-refractivity contribution < 1.29 is 4.55 Å². The van der Waals surface area contributed by atoms with Crippen LogP contribution < -0.4 is 0 Å². The van der Waals surface area contributed by atoms with Crippen molar-refractivity contribution in [1.82, 2.24) is 0 Å². The lowest BCUT2D eigenvalue weighted by atomic mass is 10.4. The van der Waals surface area contributed by atoms with Crippen molar-refractivity contribution in [3.8, 4) is 0 Å². The average Bonchev–Trinajstić information content (AvgIpc) is 2.15. The maximum Gasteiger partial charge on any atom is 0.156 e. The first kappa shape index (κ1) is 11.0. The van der Waals surface area contributed by atoms with Crippen molar-refractivity contribution in [3.63, 3.8) is 0 Å². The third-order valence-corrected chi connectivity index (χ3v) is 4.38. The molecule has 0 aliphatic rings. The first-order chi connectivity index (χ1) is 6.20. The Kier molecular flexibility index (Phi) is 4.70. The Morgan fingerprint density at radius 1 is 1.31 bits per heavy atom. The maximum atomic E-state index is 11.6. The molecule has 0 aromatic heterocycles. The second-order valence-corrected chi connectivity index (χ2v) is 6.37. The molecular formula is C10H14OS2. The van der Waals surface area contributed by atoms with Crippen LogP contribution in [0, 0.1) is 0 Å². The zero-order chi connectivity index (χ0) is 9.68. The lowest BCUT2D eigenvalue weighted by Gasteiger charge is -2.10. The third-order valence-electron chi connectivity index (χ3n) is 1.51. The zero-order valence-electron chi connectivity index (χ0n) is 7.90. The molecule has 1 aromatic carbocycles. The van der Waals surface area contributed by atoms with Gasteiger partial charge in [0, 0.05) is 5.25 Å². The van der Waals surface area contributed by atoms with Crippen molar-refractivity contribution in [2.24, 2.45) is 0 Å². The van der Waals surface area contributed by atoms with Gasteiger partial charge in [-0.25, -0.2) is 0 Å². The van der Waals surface area contributed by atoms with Crippen molar-refractivity contribution in [3.05, 3.63) is 30.3 Å². The van der Waals surface area contributed by atoms with Gasteiger partial charge in [0.15, 0.2) is 9.98 Å². The SMILES string of the molecule is CC(C)SC[S+]([O-])c1ccccc1. The predicted octanol–water partition coefficient (Wildman–Crippen LogP) is 2.89. The summed E-state index contributed by atoms with van der Waals surface area (Å²) in [6.45, 7) is 4.24. The van der Waals surface area contributed by atoms with Gasteiger partial charge < -0.3 is 4.55 Å². The molecule has 0 N–H and O–H groups in total. The molecule has 3 heteroatoms. The van der Waals surface area contributed by atoms with Crippen molar-refractivity contribution in [2.45, 2.75) is 24.0 Å². The van der Waals surface area contributed by atoms with Gasteiger partial charge in [0.1, 0.15) is 0 Å². The Bertz CT molecular complexity index is 236. The zero-order valence-corrected chi connectivity index (χ0v) is 9.53. The summed E-state index contributed by atoms with van der Waals surface area (Å²) in [6.07, 6.45) is 0. The summed E-state index contributed by atoms with van der Waals surface area (Å²) in [7, 11) is 0. The van der Waals surface area contributed by atoms with Crippen LogP contribution in [0.15, 0.2) is 35.2 Å². The molecule has 0 spiro atoms. The van der Waals surface area contributed by atoms with Gasteiger partial charge >= 0.3 is 0 Å². The highest BCUT2D eigenvalue weighted by molar-refractivity contribution is 8.12.